The number of anilines is 1. The Bertz CT molecular complexity index is 1280. The Morgan fingerprint density at radius 2 is 2.06 bits per heavy atom. The van der Waals surface area contributed by atoms with Gasteiger partial charge in [0.05, 0.1) is 28.0 Å². The second-order valence-electron chi connectivity index (χ2n) is 9.22. The number of hydrogen-bond donors (Lipinski definition) is 2. The van der Waals surface area contributed by atoms with E-state index in [-0.39, 0.29) is 17.0 Å². The van der Waals surface area contributed by atoms with Crippen LogP contribution in [0.5, 0.6) is 0 Å². The van der Waals surface area contributed by atoms with Gasteiger partial charge in [-0.3, -0.25) is 19.5 Å². The predicted molar refractivity (Wildman–Crippen MR) is 129 cm³/mol. The van der Waals surface area contributed by atoms with Crippen LogP contribution in [0.4, 0.5) is 5.69 Å². The van der Waals surface area contributed by atoms with Crippen LogP contribution in [0.2, 0.25) is 0 Å². The highest BCUT2D eigenvalue weighted by atomic mass is 16.1. The summed E-state index contributed by atoms with van der Waals surface area (Å²) < 4.78 is 0. The van der Waals surface area contributed by atoms with Gasteiger partial charge in [-0.15, -0.1) is 0 Å². The molecule has 1 aliphatic carbocycles. The molecule has 172 valence electrons. The highest BCUT2D eigenvalue weighted by molar-refractivity contribution is 5.92. The molecule has 0 radical (unpaired) electrons. The van der Waals surface area contributed by atoms with Crippen molar-refractivity contribution in [2.24, 2.45) is 0 Å². The van der Waals surface area contributed by atoms with E-state index in [0.717, 1.165) is 72.6 Å². The van der Waals surface area contributed by atoms with Gasteiger partial charge in [-0.2, -0.15) is 0 Å². The zero-order valence-corrected chi connectivity index (χ0v) is 19.4. The first kappa shape index (κ1) is 21.6. The third-order valence-corrected chi connectivity index (χ3v) is 6.98. The van der Waals surface area contributed by atoms with Gasteiger partial charge in [0, 0.05) is 45.0 Å². The highest BCUT2D eigenvalue weighted by Gasteiger charge is 2.51. The summed E-state index contributed by atoms with van der Waals surface area (Å²) in [4.78, 5) is 41.2. The molecule has 2 aliphatic rings. The SMILES string of the molecule is CCc1cc2ncc(CN3CCN(c4ccc(C(=O)NC)nc4C)C4(CC4)C3)cc2[nH]c1=O. The fraction of sp³-hybridized carbons (Fsp3) is 0.440. The summed E-state index contributed by atoms with van der Waals surface area (Å²) in [5.41, 5.74) is 6.09. The molecule has 0 aromatic carbocycles. The van der Waals surface area contributed by atoms with Crippen molar-refractivity contribution in [3.05, 3.63) is 63.3 Å². The van der Waals surface area contributed by atoms with E-state index in [9.17, 15) is 9.59 Å². The maximum Gasteiger partial charge on any atom is 0.269 e. The molecular formula is C25H30N6O2. The summed E-state index contributed by atoms with van der Waals surface area (Å²) in [6.07, 6.45) is 4.94. The maximum atomic E-state index is 12.2. The Kier molecular flexibility index (Phi) is 5.40. The van der Waals surface area contributed by atoms with Crippen LogP contribution in [0.15, 0.2) is 35.3 Å². The lowest BCUT2D eigenvalue weighted by Crippen LogP contribution is -2.55. The van der Waals surface area contributed by atoms with Crippen LogP contribution in [0, 0.1) is 6.92 Å². The summed E-state index contributed by atoms with van der Waals surface area (Å²) in [6.45, 7) is 7.60. The fourth-order valence-electron chi connectivity index (χ4n) is 5.01. The number of nitrogens with zero attached hydrogens (tertiary/aromatic N) is 4. The molecule has 1 saturated heterocycles. The number of carbonyl (C=O) groups excluding carboxylic acids is 1. The minimum atomic E-state index is -0.160. The normalized spacial score (nSPS) is 17.5. The molecule has 0 unspecified atom stereocenters. The van der Waals surface area contributed by atoms with Gasteiger partial charge in [0.1, 0.15) is 5.69 Å². The first-order valence-corrected chi connectivity index (χ1v) is 11.6. The third kappa shape index (κ3) is 3.99. The van der Waals surface area contributed by atoms with E-state index in [1.165, 1.54) is 0 Å². The molecule has 1 amide bonds. The number of amides is 1. The van der Waals surface area contributed by atoms with Gasteiger partial charge in [0.25, 0.3) is 11.5 Å². The highest BCUT2D eigenvalue weighted by Crippen LogP contribution is 2.47. The molecule has 5 rings (SSSR count). The number of aromatic amines is 1. The molecule has 0 bridgehead atoms. The average Bonchev–Trinajstić information content (AvgIpc) is 3.57. The Balaban J connectivity index is 1.32. The first-order valence-electron chi connectivity index (χ1n) is 11.6. The third-order valence-electron chi connectivity index (χ3n) is 6.98. The van der Waals surface area contributed by atoms with Crippen LogP contribution in [-0.4, -0.2) is 58.0 Å². The molecule has 3 aromatic heterocycles. The van der Waals surface area contributed by atoms with Gasteiger partial charge in [0.15, 0.2) is 0 Å². The molecule has 0 atom stereocenters. The molecule has 1 spiro atoms. The van der Waals surface area contributed by atoms with Gasteiger partial charge in [-0.05, 0) is 56.0 Å². The molecule has 1 aliphatic heterocycles. The largest absolute Gasteiger partial charge is 0.362 e. The quantitative estimate of drug-likeness (QED) is 0.625. The molecule has 3 aromatic rings. The predicted octanol–water partition coefficient (Wildman–Crippen LogP) is 2.40. The Morgan fingerprint density at radius 3 is 2.76 bits per heavy atom. The zero-order valence-electron chi connectivity index (χ0n) is 19.4. The van der Waals surface area contributed by atoms with Gasteiger partial charge >= 0.3 is 0 Å². The molecule has 8 heteroatoms. The van der Waals surface area contributed by atoms with E-state index in [0.29, 0.717) is 12.1 Å². The lowest BCUT2D eigenvalue weighted by atomic mass is 10.1. The number of piperazine rings is 1. The molecule has 2 fully saturated rings. The van der Waals surface area contributed by atoms with Crippen LogP contribution in [0.1, 0.15) is 47.1 Å². The van der Waals surface area contributed by atoms with E-state index >= 15 is 0 Å². The van der Waals surface area contributed by atoms with Gasteiger partial charge in [-0.1, -0.05) is 6.92 Å². The maximum absolute atomic E-state index is 12.2. The number of fused-ring (bicyclic) bond motifs is 1. The van der Waals surface area contributed by atoms with Crippen molar-refractivity contribution in [1.29, 1.82) is 0 Å². The second-order valence-corrected chi connectivity index (χ2v) is 9.22. The second kappa shape index (κ2) is 8.26. The zero-order chi connectivity index (χ0) is 23.2. The Morgan fingerprint density at radius 1 is 1.24 bits per heavy atom. The smallest absolute Gasteiger partial charge is 0.269 e. The summed E-state index contributed by atoms with van der Waals surface area (Å²) in [6, 6.07) is 7.80. The molecule has 1 saturated carbocycles. The summed E-state index contributed by atoms with van der Waals surface area (Å²) in [7, 11) is 1.62. The number of carbonyl (C=O) groups is 1. The monoisotopic (exact) mass is 446 g/mol. The molecule has 33 heavy (non-hydrogen) atoms. The van der Waals surface area contributed by atoms with Gasteiger partial charge < -0.3 is 15.2 Å². The van der Waals surface area contributed by atoms with Crippen molar-refractivity contribution in [2.75, 3.05) is 31.6 Å². The van der Waals surface area contributed by atoms with Crippen molar-refractivity contribution in [3.63, 3.8) is 0 Å². The molecule has 2 N–H and O–H groups in total. The van der Waals surface area contributed by atoms with Crippen molar-refractivity contribution >= 4 is 22.6 Å². The van der Waals surface area contributed by atoms with Crippen LogP contribution in [0.25, 0.3) is 11.0 Å². The fourth-order valence-corrected chi connectivity index (χ4v) is 5.01. The van der Waals surface area contributed by atoms with E-state index in [1.807, 2.05) is 38.2 Å². The van der Waals surface area contributed by atoms with Crippen LogP contribution >= 0.6 is 0 Å². The number of aromatic nitrogens is 3. The minimum Gasteiger partial charge on any atom is -0.362 e. The molecule has 4 heterocycles. The summed E-state index contributed by atoms with van der Waals surface area (Å²) >= 11 is 0. The topological polar surface area (TPSA) is 94.2 Å². The van der Waals surface area contributed by atoms with Crippen molar-refractivity contribution in [2.45, 2.75) is 45.2 Å². The summed E-state index contributed by atoms with van der Waals surface area (Å²) in [5, 5.41) is 2.64. The minimum absolute atomic E-state index is 0.0269. The van der Waals surface area contributed by atoms with E-state index in [4.69, 9.17) is 0 Å². The summed E-state index contributed by atoms with van der Waals surface area (Å²) in [5.74, 6) is -0.160. The number of pyridine rings is 3. The number of H-pyrrole nitrogens is 1. The van der Waals surface area contributed by atoms with Crippen molar-refractivity contribution < 1.29 is 4.79 Å². The van der Waals surface area contributed by atoms with Crippen LogP contribution in [-0.2, 0) is 13.0 Å². The van der Waals surface area contributed by atoms with Gasteiger partial charge in [0.2, 0.25) is 0 Å². The standard InChI is InChI=1S/C25H30N6O2/c1-4-18-12-20-21(29-23(18)32)11-17(13-27-20)14-30-9-10-31(25(15-30)7-8-25)22-6-5-19(24(33)26-3)28-16(22)2/h5-6,11-13H,4,7-10,14-15H2,1-3H3,(H,26,33)(H,29,32). The lowest BCUT2D eigenvalue weighted by Gasteiger charge is -2.44. The first-order chi connectivity index (χ1) is 15.9. The van der Waals surface area contributed by atoms with Crippen LogP contribution in [0.3, 0.4) is 0 Å². The van der Waals surface area contributed by atoms with E-state index < -0.39 is 0 Å². The molecule has 8 nitrogen and oxygen atoms in total. The average molecular weight is 447 g/mol. The molecular weight excluding hydrogens is 416 g/mol. The number of aryl methyl sites for hydroxylation is 2. The van der Waals surface area contributed by atoms with E-state index in [1.54, 1.807) is 7.05 Å². The number of nitrogens with one attached hydrogen (secondary N) is 2. The lowest BCUT2D eigenvalue weighted by molar-refractivity contribution is 0.0958. The van der Waals surface area contributed by atoms with Crippen molar-refractivity contribution in [3.8, 4) is 0 Å². The Hall–Kier alpha value is -3.26. The number of hydrogen-bond acceptors (Lipinski definition) is 6. The Labute approximate surface area is 193 Å². The van der Waals surface area contributed by atoms with Crippen LogP contribution < -0.4 is 15.8 Å². The number of rotatable bonds is 5. The van der Waals surface area contributed by atoms with Gasteiger partial charge in [-0.25, -0.2) is 4.98 Å². The van der Waals surface area contributed by atoms with E-state index in [2.05, 4.69) is 36.1 Å². The van der Waals surface area contributed by atoms with Crippen molar-refractivity contribution in [1.82, 2.24) is 25.2 Å².